The Balaban J connectivity index is 3.12. The Kier molecular flexibility index (Phi) is 4.20. The molecule has 0 atom stereocenters. The molecule has 1 rings (SSSR count). The van der Waals surface area contributed by atoms with Crippen LogP contribution in [0, 0.1) is 0 Å². The quantitative estimate of drug-likeness (QED) is 0.601. The predicted molar refractivity (Wildman–Crippen MR) is 61.1 cm³/mol. The van der Waals surface area contributed by atoms with E-state index >= 15 is 0 Å². The molecule has 0 spiro atoms. The van der Waals surface area contributed by atoms with Crippen molar-refractivity contribution in [2.45, 2.75) is 0 Å². The van der Waals surface area contributed by atoms with Crippen molar-refractivity contribution in [2.75, 3.05) is 7.11 Å². The highest BCUT2D eigenvalue weighted by Gasteiger charge is 2.13. The molecule has 0 bridgehead atoms. The fraction of sp³-hybridized carbons (Fsp3) is 0.0833. The number of carbonyl (C=O) groups is 3. The van der Waals surface area contributed by atoms with Crippen LogP contribution in [0.4, 0.5) is 0 Å². The summed E-state index contributed by atoms with van der Waals surface area (Å²) in [6.07, 6.45) is 1.54. The SMILES string of the molecule is COc1ccc(C(=O)/C=C/C(=O)O)cc1C(=O)O. The number of aromatic carboxylic acids is 1. The normalized spacial score (nSPS) is 10.3. The van der Waals surface area contributed by atoms with E-state index in [1.54, 1.807) is 0 Å². The number of ether oxygens (including phenoxy) is 1. The van der Waals surface area contributed by atoms with Crippen molar-refractivity contribution in [1.82, 2.24) is 0 Å². The summed E-state index contributed by atoms with van der Waals surface area (Å²) < 4.78 is 4.84. The fourth-order valence-electron chi connectivity index (χ4n) is 1.27. The van der Waals surface area contributed by atoms with Crippen molar-refractivity contribution in [1.29, 1.82) is 0 Å². The molecule has 0 aliphatic heterocycles. The average molecular weight is 250 g/mol. The number of ketones is 1. The van der Waals surface area contributed by atoms with E-state index in [2.05, 4.69) is 0 Å². The molecule has 0 aromatic heterocycles. The summed E-state index contributed by atoms with van der Waals surface area (Å²) in [4.78, 5) is 32.7. The third kappa shape index (κ3) is 3.18. The summed E-state index contributed by atoms with van der Waals surface area (Å²) in [5.41, 5.74) is -0.0854. The van der Waals surface area contributed by atoms with E-state index in [0.29, 0.717) is 6.08 Å². The number of allylic oxidation sites excluding steroid dienone is 1. The number of benzene rings is 1. The topological polar surface area (TPSA) is 101 Å². The molecular formula is C12H10O6. The van der Waals surface area contributed by atoms with Crippen LogP contribution in [0.15, 0.2) is 30.4 Å². The first-order chi connectivity index (χ1) is 8.45. The minimum Gasteiger partial charge on any atom is -0.496 e. The van der Waals surface area contributed by atoms with Gasteiger partial charge < -0.3 is 14.9 Å². The highest BCUT2D eigenvalue weighted by Crippen LogP contribution is 2.20. The zero-order chi connectivity index (χ0) is 13.7. The van der Waals surface area contributed by atoms with Gasteiger partial charge in [0.1, 0.15) is 11.3 Å². The summed E-state index contributed by atoms with van der Waals surface area (Å²) in [5.74, 6) is -2.96. The van der Waals surface area contributed by atoms with Gasteiger partial charge in [0.25, 0.3) is 0 Å². The van der Waals surface area contributed by atoms with E-state index in [1.165, 1.54) is 19.2 Å². The molecule has 0 aliphatic carbocycles. The molecule has 6 heteroatoms. The van der Waals surface area contributed by atoms with E-state index in [1.807, 2.05) is 0 Å². The van der Waals surface area contributed by atoms with Crippen LogP contribution in [-0.2, 0) is 4.79 Å². The molecule has 18 heavy (non-hydrogen) atoms. The van der Waals surface area contributed by atoms with Crippen molar-refractivity contribution in [3.05, 3.63) is 41.5 Å². The van der Waals surface area contributed by atoms with Gasteiger partial charge in [0, 0.05) is 11.6 Å². The maximum atomic E-state index is 11.5. The molecular weight excluding hydrogens is 240 g/mol. The van der Waals surface area contributed by atoms with Crippen molar-refractivity contribution in [3.8, 4) is 5.75 Å². The largest absolute Gasteiger partial charge is 0.496 e. The lowest BCUT2D eigenvalue weighted by atomic mass is 10.1. The molecule has 0 fully saturated rings. The zero-order valence-electron chi connectivity index (χ0n) is 9.41. The second-order valence-corrected chi connectivity index (χ2v) is 3.26. The Hall–Kier alpha value is -2.63. The molecule has 0 heterocycles. The van der Waals surface area contributed by atoms with Crippen molar-refractivity contribution < 1.29 is 29.3 Å². The highest BCUT2D eigenvalue weighted by atomic mass is 16.5. The highest BCUT2D eigenvalue weighted by molar-refractivity contribution is 6.08. The Morgan fingerprint density at radius 3 is 2.33 bits per heavy atom. The summed E-state index contributed by atoms with van der Waals surface area (Å²) >= 11 is 0. The van der Waals surface area contributed by atoms with Crippen LogP contribution in [-0.4, -0.2) is 35.0 Å². The number of methoxy groups -OCH3 is 1. The zero-order valence-corrected chi connectivity index (χ0v) is 9.41. The predicted octanol–water partition coefficient (Wildman–Crippen LogP) is 1.22. The van der Waals surface area contributed by atoms with Gasteiger partial charge in [-0.15, -0.1) is 0 Å². The van der Waals surface area contributed by atoms with Gasteiger partial charge in [-0.3, -0.25) is 4.79 Å². The van der Waals surface area contributed by atoms with Crippen LogP contribution in [0.3, 0.4) is 0 Å². The Bertz CT molecular complexity index is 529. The van der Waals surface area contributed by atoms with Gasteiger partial charge in [0.05, 0.1) is 7.11 Å². The van der Waals surface area contributed by atoms with E-state index in [0.717, 1.165) is 12.1 Å². The number of hydrogen-bond acceptors (Lipinski definition) is 4. The molecule has 94 valence electrons. The molecule has 0 aliphatic rings. The number of rotatable bonds is 5. The molecule has 0 saturated carbocycles. The van der Waals surface area contributed by atoms with Gasteiger partial charge in [-0.25, -0.2) is 9.59 Å². The molecule has 6 nitrogen and oxygen atoms in total. The van der Waals surface area contributed by atoms with Crippen LogP contribution in [0.25, 0.3) is 0 Å². The third-order valence-corrected chi connectivity index (χ3v) is 2.09. The maximum absolute atomic E-state index is 11.5. The van der Waals surface area contributed by atoms with Gasteiger partial charge in [-0.1, -0.05) is 0 Å². The Morgan fingerprint density at radius 1 is 1.17 bits per heavy atom. The average Bonchev–Trinajstić information content (AvgIpc) is 2.34. The molecule has 1 aromatic carbocycles. The first-order valence-electron chi connectivity index (χ1n) is 4.82. The molecule has 0 saturated heterocycles. The number of hydrogen-bond donors (Lipinski definition) is 2. The van der Waals surface area contributed by atoms with Gasteiger partial charge in [-0.2, -0.15) is 0 Å². The Morgan fingerprint density at radius 2 is 1.83 bits per heavy atom. The number of carboxylic acids is 2. The first-order valence-corrected chi connectivity index (χ1v) is 4.82. The molecule has 0 unspecified atom stereocenters. The van der Waals surface area contributed by atoms with Crippen LogP contribution >= 0.6 is 0 Å². The van der Waals surface area contributed by atoms with Crippen LogP contribution in [0.5, 0.6) is 5.75 Å². The van der Waals surface area contributed by atoms with Crippen molar-refractivity contribution >= 4 is 17.7 Å². The standard InChI is InChI=1S/C12H10O6/c1-18-10-4-2-7(6-8(10)12(16)17)9(13)3-5-11(14)15/h2-6H,1H3,(H,14,15)(H,16,17)/b5-3+. The molecule has 1 aromatic rings. The van der Waals surface area contributed by atoms with E-state index < -0.39 is 17.7 Å². The lowest BCUT2D eigenvalue weighted by Gasteiger charge is -2.05. The van der Waals surface area contributed by atoms with Gasteiger partial charge >= 0.3 is 11.9 Å². The monoisotopic (exact) mass is 250 g/mol. The van der Waals surface area contributed by atoms with E-state index in [9.17, 15) is 14.4 Å². The van der Waals surface area contributed by atoms with Gasteiger partial charge in [-0.05, 0) is 24.3 Å². The van der Waals surface area contributed by atoms with Crippen LogP contribution in [0.2, 0.25) is 0 Å². The number of carbonyl (C=O) groups excluding carboxylic acids is 1. The molecule has 2 N–H and O–H groups in total. The van der Waals surface area contributed by atoms with E-state index in [-0.39, 0.29) is 16.9 Å². The third-order valence-electron chi connectivity index (χ3n) is 2.09. The van der Waals surface area contributed by atoms with Crippen LogP contribution < -0.4 is 4.74 Å². The fourth-order valence-corrected chi connectivity index (χ4v) is 1.27. The smallest absolute Gasteiger partial charge is 0.339 e. The summed E-state index contributed by atoms with van der Waals surface area (Å²) in [5, 5.41) is 17.3. The second-order valence-electron chi connectivity index (χ2n) is 3.26. The maximum Gasteiger partial charge on any atom is 0.339 e. The Labute approximate surface area is 102 Å². The minimum absolute atomic E-state index is 0.0747. The summed E-state index contributed by atoms with van der Waals surface area (Å²) in [6.45, 7) is 0. The first kappa shape index (κ1) is 13.4. The lowest BCUT2D eigenvalue weighted by molar-refractivity contribution is -0.131. The van der Waals surface area contributed by atoms with Crippen LogP contribution in [0.1, 0.15) is 20.7 Å². The summed E-state index contributed by atoms with van der Waals surface area (Å²) in [7, 11) is 1.31. The van der Waals surface area contributed by atoms with Crippen molar-refractivity contribution in [2.24, 2.45) is 0 Å². The second kappa shape index (κ2) is 5.62. The number of carboxylic acid groups (broad SMARTS) is 2. The number of aliphatic carboxylic acids is 1. The molecule has 0 amide bonds. The minimum atomic E-state index is -1.25. The van der Waals surface area contributed by atoms with Crippen molar-refractivity contribution in [3.63, 3.8) is 0 Å². The van der Waals surface area contributed by atoms with E-state index in [4.69, 9.17) is 14.9 Å². The van der Waals surface area contributed by atoms with Gasteiger partial charge in [0.15, 0.2) is 5.78 Å². The summed E-state index contributed by atoms with van der Waals surface area (Å²) in [6, 6.07) is 3.83. The van der Waals surface area contributed by atoms with Gasteiger partial charge in [0.2, 0.25) is 0 Å². The molecule has 0 radical (unpaired) electrons. The lowest BCUT2D eigenvalue weighted by Crippen LogP contribution is -2.04.